The van der Waals surface area contributed by atoms with Gasteiger partial charge in [-0.15, -0.1) is 12.4 Å². The van der Waals surface area contributed by atoms with Gasteiger partial charge < -0.3 is 5.73 Å². The Bertz CT molecular complexity index is 502. The molecular weight excluding hydrogens is 284 g/mol. The number of hydrogen-bond donors (Lipinski definition) is 2. The van der Waals surface area contributed by atoms with Crippen LogP contribution in [0.1, 0.15) is 24.8 Å². The van der Waals surface area contributed by atoms with Crippen molar-refractivity contribution >= 4 is 22.4 Å². The molecule has 1 fully saturated rings. The lowest BCUT2D eigenvalue weighted by molar-refractivity contribution is 0.453. The maximum atomic E-state index is 12.2. The molecule has 1 aliphatic rings. The Balaban J connectivity index is 0.00000180. The van der Waals surface area contributed by atoms with Gasteiger partial charge in [-0.2, -0.15) is 0 Å². The highest BCUT2D eigenvalue weighted by molar-refractivity contribution is 7.89. The Hall–Kier alpha value is -0.620. The number of hydrogen-bond acceptors (Lipinski definition) is 3. The highest BCUT2D eigenvalue weighted by Gasteiger charge is 2.30. The van der Waals surface area contributed by atoms with E-state index in [0.717, 1.165) is 24.8 Å². The zero-order valence-corrected chi connectivity index (χ0v) is 12.6. The SMILES string of the molecule is Cc1ccc(S(=O)(=O)NC2CCCC2CN)cc1.Cl. The molecule has 2 rings (SSSR count). The molecule has 3 N–H and O–H groups in total. The largest absolute Gasteiger partial charge is 0.330 e. The van der Waals surface area contributed by atoms with Crippen molar-refractivity contribution in [2.75, 3.05) is 6.54 Å². The van der Waals surface area contributed by atoms with Gasteiger partial charge in [0, 0.05) is 6.04 Å². The van der Waals surface area contributed by atoms with Crippen molar-refractivity contribution in [3.8, 4) is 0 Å². The molecular formula is C13H21ClN2O2S. The van der Waals surface area contributed by atoms with Gasteiger partial charge in [0.1, 0.15) is 0 Å². The van der Waals surface area contributed by atoms with Gasteiger partial charge in [-0.05, 0) is 44.4 Å². The van der Waals surface area contributed by atoms with E-state index in [-0.39, 0.29) is 24.4 Å². The second-order valence-corrected chi connectivity index (χ2v) is 6.68. The lowest BCUT2D eigenvalue weighted by Gasteiger charge is -2.19. The fourth-order valence-electron chi connectivity index (χ4n) is 2.46. The van der Waals surface area contributed by atoms with Crippen molar-refractivity contribution in [1.82, 2.24) is 4.72 Å². The van der Waals surface area contributed by atoms with Crippen molar-refractivity contribution in [3.63, 3.8) is 0 Å². The Labute approximate surface area is 121 Å². The molecule has 4 nitrogen and oxygen atoms in total. The van der Waals surface area contributed by atoms with Gasteiger partial charge in [0.05, 0.1) is 4.90 Å². The van der Waals surface area contributed by atoms with Crippen LogP contribution in [0.5, 0.6) is 0 Å². The summed E-state index contributed by atoms with van der Waals surface area (Å²) in [7, 11) is -3.41. The first-order valence-corrected chi connectivity index (χ1v) is 7.80. The minimum atomic E-state index is -3.41. The molecule has 108 valence electrons. The Morgan fingerprint density at radius 2 is 1.89 bits per heavy atom. The van der Waals surface area contributed by atoms with Crippen LogP contribution in [-0.4, -0.2) is 21.0 Å². The minimum Gasteiger partial charge on any atom is -0.330 e. The lowest BCUT2D eigenvalue weighted by Crippen LogP contribution is -2.39. The molecule has 0 aromatic heterocycles. The van der Waals surface area contributed by atoms with Crippen LogP contribution < -0.4 is 10.5 Å². The fourth-order valence-corrected chi connectivity index (χ4v) is 3.80. The number of halogens is 1. The summed E-state index contributed by atoms with van der Waals surface area (Å²) in [6.45, 7) is 2.48. The van der Waals surface area contributed by atoms with E-state index >= 15 is 0 Å². The van der Waals surface area contributed by atoms with Gasteiger partial charge in [-0.25, -0.2) is 13.1 Å². The second kappa shape index (κ2) is 6.70. The van der Waals surface area contributed by atoms with Crippen LogP contribution >= 0.6 is 12.4 Å². The number of aryl methyl sites for hydroxylation is 1. The highest BCUT2D eigenvalue weighted by Crippen LogP contribution is 2.26. The molecule has 0 bridgehead atoms. The second-order valence-electron chi connectivity index (χ2n) is 4.97. The fraction of sp³-hybridized carbons (Fsp3) is 0.538. The topological polar surface area (TPSA) is 72.2 Å². The monoisotopic (exact) mass is 304 g/mol. The zero-order valence-electron chi connectivity index (χ0n) is 11.0. The van der Waals surface area contributed by atoms with E-state index in [0.29, 0.717) is 11.4 Å². The lowest BCUT2D eigenvalue weighted by atomic mass is 10.1. The molecule has 0 amide bonds. The van der Waals surface area contributed by atoms with Gasteiger partial charge >= 0.3 is 0 Å². The smallest absolute Gasteiger partial charge is 0.240 e. The van der Waals surface area contributed by atoms with Gasteiger partial charge in [-0.3, -0.25) is 0 Å². The molecule has 2 atom stereocenters. The first kappa shape index (κ1) is 16.4. The first-order chi connectivity index (χ1) is 8.53. The van der Waals surface area contributed by atoms with Crippen LogP contribution in [0.2, 0.25) is 0 Å². The molecule has 1 saturated carbocycles. The highest BCUT2D eigenvalue weighted by atomic mass is 35.5. The van der Waals surface area contributed by atoms with Crippen LogP contribution in [0.15, 0.2) is 29.2 Å². The van der Waals surface area contributed by atoms with Gasteiger partial charge in [-0.1, -0.05) is 24.1 Å². The van der Waals surface area contributed by atoms with E-state index in [9.17, 15) is 8.42 Å². The molecule has 0 saturated heterocycles. The average molecular weight is 305 g/mol. The molecule has 0 heterocycles. The quantitative estimate of drug-likeness (QED) is 0.891. The number of sulfonamides is 1. The van der Waals surface area contributed by atoms with Crippen LogP contribution in [0.4, 0.5) is 0 Å². The number of nitrogens with two attached hydrogens (primary N) is 1. The summed E-state index contributed by atoms with van der Waals surface area (Å²) in [6.07, 6.45) is 2.94. The summed E-state index contributed by atoms with van der Waals surface area (Å²) < 4.78 is 27.2. The normalized spacial score (nSPS) is 23.1. The maximum absolute atomic E-state index is 12.2. The Morgan fingerprint density at radius 1 is 1.26 bits per heavy atom. The molecule has 0 aliphatic heterocycles. The molecule has 0 radical (unpaired) electrons. The van der Waals surface area contributed by atoms with E-state index in [4.69, 9.17) is 5.73 Å². The third kappa shape index (κ3) is 3.92. The van der Waals surface area contributed by atoms with Crippen molar-refractivity contribution in [1.29, 1.82) is 0 Å². The molecule has 19 heavy (non-hydrogen) atoms. The third-order valence-electron chi connectivity index (χ3n) is 3.60. The molecule has 1 aliphatic carbocycles. The van der Waals surface area contributed by atoms with E-state index < -0.39 is 10.0 Å². The van der Waals surface area contributed by atoms with Gasteiger partial charge in [0.15, 0.2) is 0 Å². The van der Waals surface area contributed by atoms with E-state index in [2.05, 4.69) is 4.72 Å². The van der Waals surface area contributed by atoms with Gasteiger partial charge in [0.25, 0.3) is 0 Å². The van der Waals surface area contributed by atoms with Crippen molar-refractivity contribution in [3.05, 3.63) is 29.8 Å². The molecule has 6 heteroatoms. The summed E-state index contributed by atoms with van der Waals surface area (Å²) >= 11 is 0. The Kier molecular flexibility index (Phi) is 5.80. The van der Waals surface area contributed by atoms with Crippen LogP contribution in [0.25, 0.3) is 0 Å². The molecule has 1 aromatic rings. The maximum Gasteiger partial charge on any atom is 0.240 e. The average Bonchev–Trinajstić information content (AvgIpc) is 2.76. The van der Waals surface area contributed by atoms with Crippen LogP contribution in [0, 0.1) is 12.8 Å². The van der Waals surface area contributed by atoms with E-state index in [1.807, 2.05) is 19.1 Å². The number of benzene rings is 1. The standard InChI is InChI=1S/C13H20N2O2S.ClH/c1-10-5-7-12(8-6-10)18(16,17)15-13-4-2-3-11(13)9-14;/h5-8,11,13,15H,2-4,9,14H2,1H3;1H. The summed E-state index contributed by atoms with van der Waals surface area (Å²) in [6, 6.07) is 6.89. The first-order valence-electron chi connectivity index (χ1n) is 6.32. The summed E-state index contributed by atoms with van der Waals surface area (Å²) in [5.41, 5.74) is 6.72. The summed E-state index contributed by atoms with van der Waals surface area (Å²) in [4.78, 5) is 0.329. The predicted molar refractivity (Wildman–Crippen MR) is 78.9 cm³/mol. The van der Waals surface area contributed by atoms with E-state index in [1.165, 1.54) is 0 Å². The van der Waals surface area contributed by atoms with Crippen LogP contribution in [0.3, 0.4) is 0 Å². The molecule has 2 unspecified atom stereocenters. The minimum absolute atomic E-state index is 0. The predicted octanol–water partition coefficient (Wildman–Crippen LogP) is 1.82. The van der Waals surface area contributed by atoms with Crippen molar-refractivity contribution in [2.45, 2.75) is 37.1 Å². The van der Waals surface area contributed by atoms with Crippen molar-refractivity contribution < 1.29 is 8.42 Å². The van der Waals surface area contributed by atoms with Crippen LogP contribution in [-0.2, 0) is 10.0 Å². The summed E-state index contributed by atoms with van der Waals surface area (Å²) in [5, 5.41) is 0. The van der Waals surface area contributed by atoms with Crippen molar-refractivity contribution in [2.24, 2.45) is 11.7 Å². The molecule has 0 spiro atoms. The number of rotatable bonds is 4. The van der Waals surface area contributed by atoms with Gasteiger partial charge in [0.2, 0.25) is 10.0 Å². The Morgan fingerprint density at radius 3 is 2.47 bits per heavy atom. The number of nitrogens with one attached hydrogen (secondary N) is 1. The zero-order chi connectivity index (χ0) is 13.2. The third-order valence-corrected chi connectivity index (χ3v) is 5.11. The summed E-state index contributed by atoms with van der Waals surface area (Å²) in [5.74, 6) is 0.269. The van der Waals surface area contributed by atoms with E-state index in [1.54, 1.807) is 12.1 Å². The molecule has 1 aromatic carbocycles.